The van der Waals surface area contributed by atoms with E-state index in [1.165, 1.54) is 25.8 Å². The van der Waals surface area contributed by atoms with Crippen molar-refractivity contribution in [3.05, 3.63) is 32.1 Å². The molecule has 6 heteroatoms. The van der Waals surface area contributed by atoms with Crippen molar-refractivity contribution in [2.45, 2.75) is 58.3 Å². The Morgan fingerprint density at radius 3 is 2.76 bits per heavy atom. The minimum atomic E-state index is -0.401. The van der Waals surface area contributed by atoms with E-state index in [2.05, 4.69) is 33.6 Å². The number of likely N-dealkylation sites (tertiary alicyclic amines) is 1. The first-order valence-electron chi connectivity index (χ1n) is 7.87. The predicted octanol–water partition coefficient (Wildman–Crippen LogP) is 0.642. The van der Waals surface area contributed by atoms with E-state index in [0.29, 0.717) is 25.2 Å². The van der Waals surface area contributed by atoms with Gasteiger partial charge in [-0.1, -0.05) is 6.42 Å². The van der Waals surface area contributed by atoms with Crippen LogP contribution in [0, 0.1) is 0 Å². The van der Waals surface area contributed by atoms with E-state index >= 15 is 0 Å². The topological polar surface area (TPSA) is 72.2 Å². The molecule has 2 aliphatic rings. The maximum atomic E-state index is 11.8. The average molecular weight is 292 g/mol. The fourth-order valence-corrected chi connectivity index (χ4v) is 3.69. The molecule has 116 valence electrons. The Hall–Kier alpha value is -1.40. The number of nitrogens with one attached hydrogen (secondary N) is 2. The Morgan fingerprint density at radius 2 is 2.00 bits per heavy atom. The van der Waals surface area contributed by atoms with E-state index in [4.69, 9.17) is 0 Å². The molecule has 0 spiro atoms. The normalized spacial score (nSPS) is 23.7. The molecule has 1 unspecified atom stereocenters. The Morgan fingerprint density at radius 1 is 1.19 bits per heavy atom. The SMILES string of the molecule is CC(C)N1CCCCC1CN1Cc2[nH]c(=O)[nH]c(=O)c2C1. The number of aromatic amines is 2. The summed E-state index contributed by atoms with van der Waals surface area (Å²) in [6.07, 6.45) is 3.78. The van der Waals surface area contributed by atoms with Gasteiger partial charge >= 0.3 is 5.69 Å². The van der Waals surface area contributed by atoms with Gasteiger partial charge < -0.3 is 4.98 Å². The minimum Gasteiger partial charge on any atom is -0.310 e. The van der Waals surface area contributed by atoms with Crippen LogP contribution in [0.4, 0.5) is 0 Å². The van der Waals surface area contributed by atoms with Crippen LogP contribution in [0.25, 0.3) is 0 Å². The third-order valence-electron chi connectivity index (χ3n) is 4.70. The fraction of sp³-hybridized carbons (Fsp3) is 0.733. The number of H-pyrrole nitrogens is 2. The maximum absolute atomic E-state index is 11.8. The van der Waals surface area contributed by atoms with Crippen molar-refractivity contribution in [1.29, 1.82) is 0 Å². The summed E-state index contributed by atoms with van der Waals surface area (Å²) in [4.78, 5) is 33.1. The summed E-state index contributed by atoms with van der Waals surface area (Å²) in [5.74, 6) is 0. The molecule has 0 bridgehead atoms. The quantitative estimate of drug-likeness (QED) is 0.857. The second kappa shape index (κ2) is 5.77. The molecule has 6 nitrogen and oxygen atoms in total. The Balaban J connectivity index is 1.71. The molecular weight excluding hydrogens is 268 g/mol. The van der Waals surface area contributed by atoms with Crippen molar-refractivity contribution in [1.82, 2.24) is 19.8 Å². The minimum absolute atomic E-state index is 0.236. The molecule has 1 aromatic heterocycles. The zero-order valence-electron chi connectivity index (χ0n) is 12.8. The number of fused-ring (bicyclic) bond motifs is 1. The summed E-state index contributed by atoms with van der Waals surface area (Å²) < 4.78 is 0. The lowest BCUT2D eigenvalue weighted by atomic mass is 10.00. The van der Waals surface area contributed by atoms with Crippen molar-refractivity contribution < 1.29 is 0 Å². The van der Waals surface area contributed by atoms with Gasteiger partial charge in [0.05, 0.1) is 5.56 Å². The molecule has 0 radical (unpaired) electrons. The second-order valence-electron chi connectivity index (χ2n) is 6.52. The Bertz CT molecular complexity index is 619. The zero-order chi connectivity index (χ0) is 15.0. The lowest BCUT2D eigenvalue weighted by Crippen LogP contribution is -2.48. The lowest BCUT2D eigenvalue weighted by Gasteiger charge is -2.40. The smallest absolute Gasteiger partial charge is 0.310 e. The van der Waals surface area contributed by atoms with Gasteiger partial charge in [0.25, 0.3) is 5.56 Å². The van der Waals surface area contributed by atoms with Crippen molar-refractivity contribution in [3.8, 4) is 0 Å². The maximum Gasteiger partial charge on any atom is 0.325 e. The molecular formula is C15H24N4O2. The van der Waals surface area contributed by atoms with Gasteiger partial charge in [-0.3, -0.25) is 19.6 Å². The van der Waals surface area contributed by atoms with Gasteiger partial charge in [-0.2, -0.15) is 0 Å². The summed E-state index contributed by atoms with van der Waals surface area (Å²) in [5, 5.41) is 0. The van der Waals surface area contributed by atoms with E-state index < -0.39 is 5.69 Å². The van der Waals surface area contributed by atoms with Crippen molar-refractivity contribution >= 4 is 0 Å². The molecule has 21 heavy (non-hydrogen) atoms. The third kappa shape index (κ3) is 2.96. The van der Waals surface area contributed by atoms with Crippen LogP contribution in [0.2, 0.25) is 0 Å². The highest BCUT2D eigenvalue weighted by Gasteiger charge is 2.29. The van der Waals surface area contributed by atoms with Crippen molar-refractivity contribution in [2.24, 2.45) is 0 Å². The van der Waals surface area contributed by atoms with E-state index in [1.807, 2.05) is 0 Å². The molecule has 2 aliphatic heterocycles. The summed E-state index contributed by atoms with van der Waals surface area (Å²) in [7, 11) is 0. The first kappa shape index (κ1) is 14.5. The molecule has 1 fully saturated rings. The number of rotatable bonds is 3. The van der Waals surface area contributed by atoms with Crippen LogP contribution in [0.15, 0.2) is 9.59 Å². The summed E-state index contributed by atoms with van der Waals surface area (Å²) in [6, 6.07) is 1.11. The highest BCUT2D eigenvalue weighted by molar-refractivity contribution is 5.20. The van der Waals surface area contributed by atoms with Crippen LogP contribution in [-0.4, -0.2) is 44.9 Å². The highest BCUT2D eigenvalue weighted by atomic mass is 16.2. The van der Waals surface area contributed by atoms with Gasteiger partial charge in [0.1, 0.15) is 0 Å². The van der Waals surface area contributed by atoms with Gasteiger partial charge in [-0.25, -0.2) is 4.79 Å². The Kier molecular flexibility index (Phi) is 3.99. The Labute approximate surface area is 124 Å². The van der Waals surface area contributed by atoms with Gasteiger partial charge in [0.15, 0.2) is 0 Å². The van der Waals surface area contributed by atoms with Crippen molar-refractivity contribution in [3.63, 3.8) is 0 Å². The third-order valence-corrected chi connectivity index (χ3v) is 4.70. The van der Waals surface area contributed by atoms with Gasteiger partial charge in [0.2, 0.25) is 0 Å². The molecule has 1 aromatic rings. The molecule has 0 aliphatic carbocycles. The van der Waals surface area contributed by atoms with Gasteiger partial charge in [-0.15, -0.1) is 0 Å². The lowest BCUT2D eigenvalue weighted by molar-refractivity contribution is 0.0768. The fourth-order valence-electron chi connectivity index (χ4n) is 3.69. The molecule has 1 saturated heterocycles. The van der Waals surface area contributed by atoms with Crippen LogP contribution in [0.1, 0.15) is 44.4 Å². The first-order chi connectivity index (χ1) is 10.0. The standard InChI is InChI=1S/C15H24N4O2/c1-10(2)19-6-4-3-5-11(19)7-18-8-12-13(9-18)16-15(21)17-14(12)20/h10-11H,3-9H2,1-2H3,(H2,16,17,20,21). The molecule has 0 aromatic carbocycles. The summed E-state index contributed by atoms with van der Waals surface area (Å²) >= 11 is 0. The number of aromatic nitrogens is 2. The molecule has 0 saturated carbocycles. The molecule has 3 heterocycles. The largest absolute Gasteiger partial charge is 0.325 e. The van der Waals surface area contributed by atoms with Crippen LogP contribution in [0.5, 0.6) is 0 Å². The summed E-state index contributed by atoms with van der Waals surface area (Å²) in [6.45, 7) is 7.95. The van der Waals surface area contributed by atoms with E-state index in [1.54, 1.807) is 0 Å². The zero-order valence-corrected chi connectivity index (χ0v) is 12.8. The number of piperidine rings is 1. The monoisotopic (exact) mass is 292 g/mol. The van der Waals surface area contributed by atoms with Crippen LogP contribution < -0.4 is 11.2 Å². The number of nitrogens with zero attached hydrogens (tertiary/aromatic N) is 2. The van der Waals surface area contributed by atoms with E-state index in [0.717, 1.165) is 17.8 Å². The molecule has 0 amide bonds. The molecule has 1 atom stereocenters. The second-order valence-corrected chi connectivity index (χ2v) is 6.52. The summed E-state index contributed by atoms with van der Waals surface area (Å²) in [5.41, 5.74) is 0.875. The average Bonchev–Trinajstić information content (AvgIpc) is 2.81. The van der Waals surface area contributed by atoms with Gasteiger partial charge in [-0.05, 0) is 33.2 Å². The first-order valence-corrected chi connectivity index (χ1v) is 7.87. The number of hydrogen-bond acceptors (Lipinski definition) is 4. The molecule has 2 N–H and O–H groups in total. The molecule has 3 rings (SSSR count). The van der Waals surface area contributed by atoms with Crippen molar-refractivity contribution in [2.75, 3.05) is 13.1 Å². The van der Waals surface area contributed by atoms with Crippen LogP contribution in [-0.2, 0) is 13.1 Å². The van der Waals surface area contributed by atoms with E-state index in [9.17, 15) is 9.59 Å². The highest BCUT2D eigenvalue weighted by Crippen LogP contribution is 2.23. The predicted molar refractivity (Wildman–Crippen MR) is 81.3 cm³/mol. The van der Waals surface area contributed by atoms with E-state index in [-0.39, 0.29) is 5.56 Å². The van der Waals surface area contributed by atoms with Gasteiger partial charge in [0, 0.05) is 37.4 Å². The van der Waals surface area contributed by atoms with Crippen LogP contribution >= 0.6 is 0 Å². The van der Waals surface area contributed by atoms with Crippen LogP contribution in [0.3, 0.4) is 0 Å². The number of hydrogen-bond donors (Lipinski definition) is 2.